The smallest absolute Gasteiger partial charge is 0.332 e. The summed E-state index contributed by atoms with van der Waals surface area (Å²) >= 11 is 0. The fourth-order valence-corrected chi connectivity index (χ4v) is 4.36. The number of hydrogen-bond acceptors (Lipinski definition) is 9. The summed E-state index contributed by atoms with van der Waals surface area (Å²) in [7, 11) is 4.35. The Hall–Kier alpha value is -4.09. The van der Waals surface area contributed by atoms with Crippen LogP contribution in [0.4, 0.5) is 5.82 Å². The Morgan fingerprint density at radius 1 is 1.11 bits per heavy atom. The fourth-order valence-electron chi connectivity index (χ4n) is 4.36. The van der Waals surface area contributed by atoms with Gasteiger partial charge in [0.05, 0.1) is 20.1 Å². The van der Waals surface area contributed by atoms with Crippen molar-refractivity contribution in [2.45, 2.75) is 33.2 Å². The topological polar surface area (TPSA) is 152 Å². The third-order valence-electron chi connectivity index (χ3n) is 6.42. The van der Waals surface area contributed by atoms with Crippen LogP contribution in [0.1, 0.15) is 36.2 Å². The van der Waals surface area contributed by atoms with Gasteiger partial charge < -0.3 is 24.8 Å². The number of carbonyl (C=O) groups excluding carboxylic acids is 3. The molecule has 0 spiro atoms. The van der Waals surface area contributed by atoms with Crippen LogP contribution in [0.25, 0.3) is 0 Å². The van der Waals surface area contributed by atoms with E-state index in [9.17, 15) is 24.0 Å². The van der Waals surface area contributed by atoms with Crippen LogP contribution in [0.3, 0.4) is 0 Å². The van der Waals surface area contributed by atoms with E-state index in [2.05, 4.69) is 0 Å². The number of aromatic nitrogens is 2. The molecule has 1 amide bonds. The van der Waals surface area contributed by atoms with Gasteiger partial charge in [-0.05, 0) is 30.0 Å². The second-order valence-corrected chi connectivity index (χ2v) is 9.62. The molecule has 206 valence electrons. The van der Waals surface area contributed by atoms with Crippen LogP contribution < -0.4 is 26.5 Å². The molecule has 2 aromatic rings. The standard InChI is InChI=1S/C26H34N4O8/c1-15(2)12-30-23(27)22(24(33)28(3)26(30)35)18(31)14-38-25(34)17-11-21(32)29(13-17)9-8-16-6-7-19(36-4)20(10-16)37-5/h6-7,10,15,17H,8-9,11-14,27H2,1-5H3. The van der Waals surface area contributed by atoms with E-state index >= 15 is 0 Å². The SMILES string of the molecule is COc1ccc(CCN2CC(C(=O)OCC(=O)c3c(N)n(CC(C)C)c(=O)n(C)c3=O)CC2=O)cc1OC. The number of methoxy groups -OCH3 is 2. The molecule has 0 bridgehead atoms. The van der Waals surface area contributed by atoms with Crippen molar-refractivity contribution in [3.05, 3.63) is 50.2 Å². The van der Waals surface area contributed by atoms with Gasteiger partial charge in [0.25, 0.3) is 5.56 Å². The largest absolute Gasteiger partial charge is 0.493 e. The molecule has 0 radical (unpaired) electrons. The normalized spacial score (nSPS) is 15.2. The average molecular weight is 531 g/mol. The summed E-state index contributed by atoms with van der Waals surface area (Å²) in [6.45, 7) is 3.75. The van der Waals surface area contributed by atoms with Gasteiger partial charge in [-0.2, -0.15) is 0 Å². The number of esters is 1. The number of Topliss-reactive ketones (excluding diaryl/α,β-unsaturated/α-hetero) is 1. The molecular weight excluding hydrogens is 496 g/mol. The molecule has 0 aliphatic carbocycles. The Balaban J connectivity index is 1.62. The molecule has 12 heteroatoms. The van der Waals surface area contributed by atoms with Crippen LogP contribution in [0.2, 0.25) is 0 Å². The molecule has 38 heavy (non-hydrogen) atoms. The predicted octanol–water partition coefficient (Wildman–Crippen LogP) is 0.620. The molecule has 1 aromatic carbocycles. The molecular formula is C26H34N4O8. The third kappa shape index (κ3) is 6.06. The minimum atomic E-state index is -0.856. The summed E-state index contributed by atoms with van der Waals surface area (Å²) in [4.78, 5) is 64.5. The molecule has 1 unspecified atom stereocenters. The van der Waals surface area contributed by atoms with Crippen LogP contribution in [0.15, 0.2) is 27.8 Å². The third-order valence-corrected chi connectivity index (χ3v) is 6.42. The average Bonchev–Trinajstić information content (AvgIpc) is 3.27. The molecule has 1 saturated heterocycles. The van der Waals surface area contributed by atoms with Gasteiger partial charge in [0.1, 0.15) is 11.4 Å². The molecule has 2 N–H and O–H groups in total. The molecule has 0 saturated carbocycles. The second kappa shape index (κ2) is 12.0. The highest BCUT2D eigenvalue weighted by atomic mass is 16.5. The van der Waals surface area contributed by atoms with Crippen molar-refractivity contribution >= 4 is 23.5 Å². The number of ether oxygens (including phenoxy) is 3. The monoisotopic (exact) mass is 530 g/mol. The summed E-state index contributed by atoms with van der Waals surface area (Å²) in [5, 5.41) is 0. The number of nitrogens with two attached hydrogens (primary N) is 1. The van der Waals surface area contributed by atoms with Crippen molar-refractivity contribution in [3.63, 3.8) is 0 Å². The number of anilines is 1. The van der Waals surface area contributed by atoms with Crippen LogP contribution in [-0.2, 0) is 34.3 Å². The number of nitrogens with zero attached hydrogens (tertiary/aromatic N) is 3. The van der Waals surface area contributed by atoms with Gasteiger partial charge in [0.15, 0.2) is 18.1 Å². The van der Waals surface area contributed by atoms with Gasteiger partial charge in [0, 0.05) is 33.1 Å². The highest BCUT2D eigenvalue weighted by Crippen LogP contribution is 2.28. The van der Waals surface area contributed by atoms with Gasteiger partial charge in [-0.25, -0.2) is 4.79 Å². The van der Waals surface area contributed by atoms with E-state index in [0.29, 0.717) is 24.5 Å². The molecule has 2 heterocycles. The van der Waals surface area contributed by atoms with Gasteiger partial charge in [-0.3, -0.25) is 28.3 Å². The lowest BCUT2D eigenvalue weighted by Gasteiger charge is -2.17. The lowest BCUT2D eigenvalue weighted by molar-refractivity contribution is -0.147. The molecule has 3 rings (SSSR count). The number of carbonyl (C=O) groups is 3. The molecule has 1 aliphatic heterocycles. The number of nitrogen functional groups attached to an aromatic ring is 1. The van der Waals surface area contributed by atoms with E-state index in [1.807, 2.05) is 26.0 Å². The highest BCUT2D eigenvalue weighted by molar-refractivity contribution is 6.01. The molecule has 1 aliphatic rings. The van der Waals surface area contributed by atoms with E-state index in [1.54, 1.807) is 25.2 Å². The first-order valence-electron chi connectivity index (χ1n) is 12.3. The van der Waals surface area contributed by atoms with E-state index < -0.39 is 41.1 Å². The van der Waals surface area contributed by atoms with Crippen molar-refractivity contribution in [2.24, 2.45) is 18.9 Å². The van der Waals surface area contributed by atoms with E-state index in [-0.39, 0.29) is 37.2 Å². The van der Waals surface area contributed by atoms with Crippen molar-refractivity contribution in [3.8, 4) is 11.5 Å². The summed E-state index contributed by atoms with van der Waals surface area (Å²) in [6.07, 6.45) is 0.503. The zero-order valence-electron chi connectivity index (χ0n) is 22.3. The molecule has 12 nitrogen and oxygen atoms in total. The first-order chi connectivity index (χ1) is 18.0. The maximum Gasteiger partial charge on any atom is 0.332 e. The number of benzene rings is 1. The van der Waals surface area contributed by atoms with Crippen LogP contribution in [0.5, 0.6) is 11.5 Å². The fraction of sp³-hybridized carbons (Fsp3) is 0.500. The number of ketones is 1. The van der Waals surface area contributed by atoms with Crippen molar-refractivity contribution in [1.29, 1.82) is 0 Å². The molecule has 1 atom stereocenters. The Labute approximate surface area is 219 Å². The van der Waals surface area contributed by atoms with E-state index in [1.165, 1.54) is 7.05 Å². The Morgan fingerprint density at radius 2 is 1.79 bits per heavy atom. The van der Waals surface area contributed by atoms with Gasteiger partial charge in [-0.1, -0.05) is 19.9 Å². The maximum atomic E-state index is 12.8. The van der Waals surface area contributed by atoms with Crippen molar-refractivity contribution in [1.82, 2.24) is 14.0 Å². The summed E-state index contributed by atoms with van der Waals surface area (Å²) in [5.74, 6) is -1.51. The molecule has 1 fully saturated rings. The Bertz CT molecular complexity index is 1340. The number of rotatable bonds is 11. The van der Waals surface area contributed by atoms with Crippen LogP contribution >= 0.6 is 0 Å². The summed E-state index contributed by atoms with van der Waals surface area (Å²) in [5.41, 5.74) is 5.05. The number of hydrogen-bond donors (Lipinski definition) is 1. The first kappa shape index (κ1) is 28.5. The minimum absolute atomic E-state index is 0.0304. The highest BCUT2D eigenvalue weighted by Gasteiger charge is 2.35. The van der Waals surface area contributed by atoms with Crippen LogP contribution in [-0.4, -0.2) is 65.6 Å². The van der Waals surface area contributed by atoms with Gasteiger partial charge in [0.2, 0.25) is 11.7 Å². The maximum absolute atomic E-state index is 12.8. The first-order valence-corrected chi connectivity index (χ1v) is 12.3. The Kier molecular flexibility index (Phi) is 8.97. The van der Waals surface area contributed by atoms with Crippen molar-refractivity contribution in [2.75, 3.05) is 39.6 Å². The minimum Gasteiger partial charge on any atom is -0.493 e. The lowest BCUT2D eigenvalue weighted by atomic mass is 10.1. The van der Waals surface area contributed by atoms with E-state index in [4.69, 9.17) is 19.9 Å². The van der Waals surface area contributed by atoms with Crippen LogP contribution in [0, 0.1) is 11.8 Å². The van der Waals surface area contributed by atoms with Gasteiger partial charge >= 0.3 is 11.7 Å². The Morgan fingerprint density at radius 3 is 2.42 bits per heavy atom. The summed E-state index contributed by atoms with van der Waals surface area (Å²) in [6, 6.07) is 5.49. The van der Waals surface area contributed by atoms with Gasteiger partial charge in [-0.15, -0.1) is 0 Å². The number of likely N-dealkylation sites (tertiary alicyclic amines) is 1. The number of amides is 1. The zero-order valence-corrected chi connectivity index (χ0v) is 22.3. The zero-order chi connectivity index (χ0) is 28.1. The predicted molar refractivity (Wildman–Crippen MR) is 138 cm³/mol. The van der Waals surface area contributed by atoms with E-state index in [0.717, 1.165) is 14.7 Å². The summed E-state index contributed by atoms with van der Waals surface area (Å²) < 4.78 is 17.7. The molecule has 1 aromatic heterocycles. The lowest BCUT2D eigenvalue weighted by Crippen LogP contribution is -2.43. The quantitative estimate of drug-likeness (QED) is 0.325. The van der Waals surface area contributed by atoms with Crippen molar-refractivity contribution < 1.29 is 28.6 Å². The second-order valence-electron chi connectivity index (χ2n) is 9.62.